The molecule has 3 aromatic rings. The fraction of sp³-hybridized carbons (Fsp3) is 0.250. The Hall–Kier alpha value is -2.67. The molecule has 0 aliphatic carbocycles. The highest BCUT2D eigenvalue weighted by Gasteiger charge is 2.39. The minimum atomic E-state index is -0.112. The van der Waals surface area contributed by atoms with E-state index in [2.05, 4.69) is 20.5 Å². The van der Waals surface area contributed by atoms with E-state index in [1.165, 1.54) is 0 Å². The van der Waals surface area contributed by atoms with Crippen molar-refractivity contribution in [1.29, 1.82) is 0 Å². The van der Waals surface area contributed by atoms with Gasteiger partial charge in [-0.15, -0.1) is 10.2 Å². The van der Waals surface area contributed by atoms with Crippen LogP contribution in [0.2, 0.25) is 5.02 Å². The highest BCUT2D eigenvalue weighted by Crippen LogP contribution is 2.34. The van der Waals surface area contributed by atoms with Crippen LogP contribution in [0.1, 0.15) is 18.0 Å². The van der Waals surface area contributed by atoms with E-state index in [0.717, 1.165) is 5.56 Å². The molecule has 2 atom stereocenters. The number of rotatable bonds is 3. The fourth-order valence-electron chi connectivity index (χ4n) is 3.15. The molecule has 1 amide bonds. The summed E-state index contributed by atoms with van der Waals surface area (Å²) in [5, 5.41) is 12.0. The molecule has 8 heteroatoms. The van der Waals surface area contributed by atoms with E-state index in [-0.39, 0.29) is 18.0 Å². The molecule has 0 saturated carbocycles. The Morgan fingerprint density at radius 3 is 2.88 bits per heavy atom. The van der Waals surface area contributed by atoms with Crippen molar-refractivity contribution >= 4 is 29.0 Å². The number of hydrogen-bond acceptors (Lipinski definition) is 5. The molecule has 2 aromatic heterocycles. The maximum atomic E-state index is 12.2. The van der Waals surface area contributed by atoms with Crippen LogP contribution < -0.4 is 5.32 Å². The van der Waals surface area contributed by atoms with Gasteiger partial charge in [-0.1, -0.05) is 23.7 Å². The molecule has 1 saturated heterocycles. The van der Waals surface area contributed by atoms with Crippen molar-refractivity contribution in [2.75, 3.05) is 12.4 Å². The first-order chi connectivity index (χ1) is 11.6. The monoisotopic (exact) mass is 342 g/mol. The summed E-state index contributed by atoms with van der Waals surface area (Å²) in [6.45, 7) is 0. The second kappa shape index (κ2) is 5.76. The first-order valence-electron chi connectivity index (χ1n) is 7.55. The zero-order chi connectivity index (χ0) is 16.7. The van der Waals surface area contributed by atoms with Gasteiger partial charge in [0.2, 0.25) is 11.6 Å². The van der Waals surface area contributed by atoms with E-state index in [1.54, 1.807) is 28.0 Å². The maximum absolute atomic E-state index is 12.2. The molecule has 1 aromatic carbocycles. The van der Waals surface area contributed by atoms with E-state index < -0.39 is 0 Å². The number of likely N-dealkylation sites (tertiary alicyclic amines) is 1. The van der Waals surface area contributed by atoms with Gasteiger partial charge in [-0.25, -0.2) is 4.98 Å². The lowest BCUT2D eigenvalue weighted by molar-refractivity contribution is -0.127. The lowest BCUT2D eigenvalue weighted by Gasteiger charge is -2.26. The second-order valence-corrected chi connectivity index (χ2v) is 6.23. The van der Waals surface area contributed by atoms with Crippen LogP contribution in [0.4, 0.5) is 5.82 Å². The zero-order valence-corrected chi connectivity index (χ0v) is 13.7. The third-order valence-electron chi connectivity index (χ3n) is 4.34. The molecule has 0 spiro atoms. The number of benzene rings is 1. The Labute approximate surface area is 143 Å². The van der Waals surface area contributed by atoms with Crippen molar-refractivity contribution in [3.05, 3.63) is 53.6 Å². The van der Waals surface area contributed by atoms with E-state index in [4.69, 9.17) is 11.6 Å². The number of anilines is 1. The zero-order valence-electron chi connectivity index (χ0n) is 12.9. The average Bonchev–Trinajstić information content (AvgIpc) is 3.15. The summed E-state index contributed by atoms with van der Waals surface area (Å²) in [6, 6.07) is 7.35. The predicted octanol–water partition coefficient (Wildman–Crippen LogP) is 2.16. The highest BCUT2D eigenvalue weighted by molar-refractivity contribution is 6.30. The topological polar surface area (TPSA) is 75.4 Å². The van der Waals surface area contributed by atoms with Gasteiger partial charge in [0.25, 0.3) is 0 Å². The van der Waals surface area contributed by atoms with Gasteiger partial charge in [0.05, 0.1) is 12.1 Å². The van der Waals surface area contributed by atoms with Crippen LogP contribution >= 0.6 is 11.6 Å². The van der Waals surface area contributed by atoms with Crippen molar-refractivity contribution in [3.63, 3.8) is 0 Å². The first-order valence-corrected chi connectivity index (χ1v) is 7.93. The molecule has 4 rings (SSSR count). The smallest absolute Gasteiger partial charge is 0.225 e. The Morgan fingerprint density at radius 1 is 1.29 bits per heavy atom. The molecule has 1 fully saturated rings. The lowest BCUT2D eigenvalue weighted by Crippen LogP contribution is -2.30. The first kappa shape index (κ1) is 14.9. The number of amides is 1. The summed E-state index contributed by atoms with van der Waals surface area (Å²) in [4.78, 5) is 18.3. The fourth-order valence-corrected chi connectivity index (χ4v) is 3.28. The second-order valence-electron chi connectivity index (χ2n) is 5.79. The van der Waals surface area contributed by atoms with Crippen molar-refractivity contribution in [2.24, 2.45) is 0 Å². The van der Waals surface area contributed by atoms with Gasteiger partial charge in [-0.2, -0.15) is 0 Å². The number of nitrogens with one attached hydrogen (secondary N) is 1. The molecular formula is C16H15ClN6O. The average molecular weight is 343 g/mol. The van der Waals surface area contributed by atoms with Crippen LogP contribution in [0, 0.1) is 0 Å². The molecule has 7 nitrogen and oxygen atoms in total. The minimum absolute atomic E-state index is 0.0841. The third kappa shape index (κ3) is 2.46. The van der Waals surface area contributed by atoms with E-state index in [1.807, 2.05) is 31.3 Å². The number of carbonyl (C=O) groups excluding carboxylic acids is 1. The summed E-state index contributed by atoms with van der Waals surface area (Å²) < 4.78 is 1.78. The van der Waals surface area contributed by atoms with Gasteiger partial charge in [0.1, 0.15) is 6.33 Å². The van der Waals surface area contributed by atoms with Gasteiger partial charge >= 0.3 is 0 Å². The molecule has 0 radical (unpaired) electrons. The number of hydrogen-bond donors (Lipinski definition) is 1. The van der Waals surface area contributed by atoms with Crippen LogP contribution in [0.15, 0.2) is 43.0 Å². The SMILES string of the molecule is CN1C(=O)C[C@@H](Nc2nccn3cnnc23)[C@@H]1c1ccc(Cl)cc1. The number of aromatic nitrogens is 4. The third-order valence-corrected chi connectivity index (χ3v) is 4.59. The molecule has 24 heavy (non-hydrogen) atoms. The Kier molecular flexibility index (Phi) is 3.57. The molecule has 3 heterocycles. The molecule has 1 aliphatic rings. The van der Waals surface area contributed by atoms with Gasteiger partial charge in [-0.3, -0.25) is 9.20 Å². The van der Waals surface area contributed by atoms with Gasteiger partial charge < -0.3 is 10.2 Å². The predicted molar refractivity (Wildman–Crippen MR) is 89.8 cm³/mol. The molecule has 1 aliphatic heterocycles. The van der Waals surface area contributed by atoms with Gasteiger partial charge in [0, 0.05) is 30.9 Å². The van der Waals surface area contributed by atoms with E-state index in [9.17, 15) is 4.79 Å². The van der Waals surface area contributed by atoms with Gasteiger partial charge in [-0.05, 0) is 17.7 Å². The van der Waals surface area contributed by atoms with Crippen LogP contribution in [0.25, 0.3) is 5.65 Å². The summed E-state index contributed by atoms with van der Waals surface area (Å²) >= 11 is 5.98. The molecule has 0 bridgehead atoms. The van der Waals surface area contributed by atoms with Crippen LogP contribution in [0.5, 0.6) is 0 Å². The molecule has 122 valence electrons. The van der Waals surface area contributed by atoms with E-state index in [0.29, 0.717) is 22.9 Å². The standard InChI is InChI=1S/C16H15ClN6O/c1-22-13(24)8-12(14(22)10-2-4-11(17)5-3-10)20-15-16-21-19-9-23(16)7-6-18-15/h2-7,9,12,14H,8H2,1H3,(H,18,20)/t12-,14+/m1/s1. The molecule has 1 N–H and O–H groups in total. The maximum Gasteiger partial charge on any atom is 0.225 e. The van der Waals surface area contributed by atoms with Crippen molar-refractivity contribution in [1.82, 2.24) is 24.5 Å². The summed E-state index contributed by atoms with van der Waals surface area (Å²) in [5.74, 6) is 0.697. The number of likely N-dealkylation sites (N-methyl/N-ethyl adjacent to an activating group) is 1. The largest absolute Gasteiger partial charge is 0.361 e. The lowest BCUT2D eigenvalue weighted by atomic mass is 10.0. The Bertz CT molecular complexity index is 893. The van der Waals surface area contributed by atoms with E-state index >= 15 is 0 Å². The Balaban J connectivity index is 1.69. The number of halogens is 1. The summed E-state index contributed by atoms with van der Waals surface area (Å²) in [5.41, 5.74) is 1.66. The quantitative estimate of drug-likeness (QED) is 0.789. The van der Waals surface area contributed by atoms with Crippen LogP contribution in [0.3, 0.4) is 0 Å². The van der Waals surface area contributed by atoms with Crippen LogP contribution in [-0.2, 0) is 4.79 Å². The number of fused-ring (bicyclic) bond motifs is 1. The van der Waals surface area contributed by atoms with Gasteiger partial charge in [0.15, 0.2) is 5.82 Å². The van der Waals surface area contributed by atoms with Crippen molar-refractivity contribution in [2.45, 2.75) is 18.5 Å². The molecule has 0 unspecified atom stereocenters. The summed E-state index contributed by atoms with van der Waals surface area (Å²) in [7, 11) is 1.81. The number of carbonyl (C=O) groups is 1. The van der Waals surface area contributed by atoms with Crippen molar-refractivity contribution in [3.8, 4) is 0 Å². The van der Waals surface area contributed by atoms with Crippen molar-refractivity contribution < 1.29 is 4.79 Å². The summed E-state index contributed by atoms with van der Waals surface area (Å²) in [6.07, 6.45) is 5.46. The highest BCUT2D eigenvalue weighted by atomic mass is 35.5. The Morgan fingerprint density at radius 2 is 2.08 bits per heavy atom. The number of nitrogens with zero attached hydrogens (tertiary/aromatic N) is 5. The minimum Gasteiger partial charge on any atom is -0.361 e. The molecular weight excluding hydrogens is 328 g/mol. The van der Waals surface area contributed by atoms with Crippen LogP contribution in [-0.4, -0.2) is 43.5 Å². The normalized spacial score (nSPS) is 20.8.